The van der Waals surface area contributed by atoms with Crippen LogP contribution in [0.4, 0.5) is 0 Å². The normalized spacial score (nSPS) is 15.4. The van der Waals surface area contributed by atoms with Crippen LogP contribution in [0.15, 0.2) is 48.6 Å². The van der Waals surface area contributed by atoms with E-state index in [1.54, 1.807) is 0 Å². The first-order valence-electron chi connectivity index (χ1n) is 18.5. The second kappa shape index (κ2) is 32.8. The Morgan fingerprint density at radius 2 is 1.16 bits per heavy atom. The number of phosphoric acid groups is 1. The van der Waals surface area contributed by atoms with Crippen LogP contribution in [0.2, 0.25) is 0 Å². The highest BCUT2D eigenvalue weighted by atomic mass is 31.2. The average molecular weight is 731 g/mol. The van der Waals surface area contributed by atoms with E-state index in [-0.39, 0.29) is 25.6 Å². The zero-order valence-electron chi connectivity index (χ0n) is 30.9. The van der Waals surface area contributed by atoms with Crippen molar-refractivity contribution >= 4 is 19.8 Å². The number of unbranched alkanes of at least 4 members (excludes halogenated alkanes) is 7. The predicted octanol–water partition coefficient (Wildman–Crippen LogP) is 7.82. The van der Waals surface area contributed by atoms with Gasteiger partial charge in [0.05, 0.1) is 25.9 Å². The van der Waals surface area contributed by atoms with Crippen molar-refractivity contribution in [1.29, 1.82) is 0 Å². The van der Waals surface area contributed by atoms with Crippen molar-refractivity contribution in [3.05, 3.63) is 48.6 Å². The average Bonchev–Trinajstić information content (AvgIpc) is 3.07. The minimum Gasteiger partial charge on any atom is -0.462 e. The van der Waals surface area contributed by atoms with Crippen molar-refractivity contribution in [2.24, 2.45) is 5.92 Å². The van der Waals surface area contributed by atoms with E-state index in [1.165, 1.54) is 19.3 Å². The summed E-state index contributed by atoms with van der Waals surface area (Å²) in [5, 5.41) is 27.5. The summed E-state index contributed by atoms with van der Waals surface area (Å²) in [6, 6.07) is 0. The van der Waals surface area contributed by atoms with E-state index in [4.69, 9.17) is 19.1 Å². The quantitative estimate of drug-likeness (QED) is 0.0225. The van der Waals surface area contributed by atoms with E-state index >= 15 is 0 Å². The van der Waals surface area contributed by atoms with E-state index in [2.05, 4.69) is 54.8 Å². The largest absolute Gasteiger partial charge is 0.472 e. The fourth-order valence-corrected chi connectivity index (χ4v) is 5.33. The van der Waals surface area contributed by atoms with E-state index in [9.17, 15) is 29.3 Å². The fraction of sp³-hybridized carbons (Fsp3) is 0.737. The summed E-state index contributed by atoms with van der Waals surface area (Å²) in [5.74, 6) is -0.314. The first-order valence-corrected chi connectivity index (χ1v) is 20.0. The lowest BCUT2D eigenvalue weighted by Crippen LogP contribution is -2.29. The van der Waals surface area contributed by atoms with Crippen LogP contribution in [0.1, 0.15) is 130 Å². The van der Waals surface area contributed by atoms with E-state index < -0.39 is 51.8 Å². The Kier molecular flexibility index (Phi) is 31.4. The summed E-state index contributed by atoms with van der Waals surface area (Å²) in [7, 11) is -4.63. The Bertz CT molecular complexity index is 1010. The van der Waals surface area contributed by atoms with Gasteiger partial charge in [0.2, 0.25) is 0 Å². The van der Waals surface area contributed by atoms with E-state index in [0.29, 0.717) is 25.2 Å². The highest BCUT2D eigenvalue weighted by molar-refractivity contribution is 7.47. The first kappa shape index (κ1) is 47.9. The zero-order chi connectivity index (χ0) is 37.3. The smallest absolute Gasteiger partial charge is 0.462 e. The fourth-order valence-electron chi connectivity index (χ4n) is 4.54. The van der Waals surface area contributed by atoms with Crippen LogP contribution < -0.4 is 0 Å². The summed E-state index contributed by atoms with van der Waals surface area (Å²) in [5.41, 5.74) is 0. The second-order valence-electron chi connectivity index (χ2n) is 13.0. The van der Waals surface area contributed by atoms with Crippen molar-refractivity contribution in [3.8, 4) is 0 Å². The van der Waals surface area contributed by atoms with Gasteiger partial charge in [-0.1, -0.05) is 101 Å². The van der Waals surface area contributed by atoms with Crippen LogP contribution in [-0.2, 0) is 32.7 Å². The molecule has 0 aliphatic carbocycles. The van der Waals surface area contributed by atoms with Gasteiger partial charge in [0, 0.05) is 12.8 Å². The summed E-state index contributed by atoms with van der Waals surface area (Å²) in [4.78, 5) is 34.7. The third-order valence-corrected chi connectivity index (χ3v) is 8.38. The van der Waals surface area contributed by atoms with Gasteiger partial charge in [-0.2, -0.15) is 0 Å². The van der Waals surface area contributed by atoms with Gasteiger partial charge in [-0.05, 0) is 70.6 Å². The van der Waals surface area contributed by atoms with Crippen molar-refractivity contribution in [2.75, 3.05) is 26.4 Å². The Hall–Kier alpha value is -2.11. The second-order valence-corrected chi connectivity index (χ2v) is 14.5. The molecule has 0 saturated carbocycles. The molecule has 0 aliphatic rings. The standard InChI is InChI=1S/C38H67O11P/c1-33(2)25-21-17-15-16-20-24-28-38(43)49-36(32-48-50(44,45)47-30-35(41)29-39)31-46-37(42)27-23-19-14-12-10-8-6-4-5-7-9-11-13-18-22-26-34(3)40/h5-8,11-14,33-36,39-41H,4,9-10,15-32H2,1-3H3,(H,44,45)/b7-5-,8-6-,13-11-,14-12-/t34-,35+,36-/m1/s1. The summed E-state index contributed by atoms with van der Waals surface area (Å²) in [6.45, 7) is 4.03. The molecular formula is C38H67O11P. The SMILES string of the molecule is CC(C)CCCCCCCCC(=O)O[C@H](COC(=O)CCC/C=C\C/C=C\C/C=C\C/C=C\CCC[C@@H](C)O)COP(=O)(O)OC[C@@H](O)CO. The highest BCUT2D eigenvalue weighted by Gasteiger charge is 2.27. The molecule has 0 spiro atoms. The van der Waals surface area contributed by atoms with Gasteiger partial charge in [0.25, 0.3) is 0 Å². The molecule has 0 radical (unpaired) electrons. The number of esters is 2. The maximum atomic E-state index is 12.5. The molecule has 0 saturated heterocycles. The monoisotopic (exact) mass is 730 g/mol. The van der Waals surface area contributed by atoms with Crippen LogP contribution in [-0.4, -0.2) is 76.9 Å². The minimum absolute atomic E-state index is 0.152. The Balaban J connectivity index is 4.45. The van der Waals surface area contributed by atoms with E-state index in [0.717, 1.165) is 57.8 Å². The Morgan fingerprint density at radius 1 is 0.640 bits per heavy atom. The van der Waals surface area contributed by atoms with Crippen LogP contribution in [0.25, 0.3) is 0 Å². The predicted molar refractivity (Wildman–Crippen MR) is 197 cm³/mol. The molecule has 0 aromatic rings. The van der Waals surface area contributed by atoms with Crippen molar-refractivity contribution in [3.63, 3.8) is 0 Å². The topological polar surface area (TPSA) is 169 Å². The molecule has 4 N–H and O–H groups in total. The maximum Gasteiger partial charge on any atom is 0.472 e. The molecule has 0 aromatic heterocycles. The summed E-state index contributed by atoms with van der Waals surface area (Å²) < 4.78 is 32.4. The highest BCUT2D eigenvalue weighted by Crippen LogP contribution is 2.43. The number of rotatable bonds is 33. The molecule has 0 rings (SSSR count). The lowest BCUT2D eigenvalue weighted by molar-refractivity contribution is -0.161. The Labute approximate surface area is 301 Å². The molecule has 0 amide bonds. The van der Waals surface area contributed by atoms with Crippen molar-refractivity contribution in [1.82, 2.24) is 0 Å². The molecule has 0 heterocycles. The molecule has 11 nitrogen and oxygen atoms in total. The van der Waals surface area contributed by atoms with Gasteiger partial charge < -0.3 is 29.7 Å². The Morgan fingerprint density at radius 3 is 1.74 bits per heavy atom. The van der Waals surface area contributed by atoms with E-state index in [1.807, 2.05) is 19.1 Å². The minimum atomic E-state index is -4.63. The molecule has 50 heavy (non-hydrogen) atoms. The molecule has 0 aromatic carbocycles. The number of carbonyl (C=O) groups excluding carboxylic acids is 2. The van der Waals surface area contributed by atoms with Crippen LogP contribution in [0, 0.1) is 5.92 Å². The number of aliphatic hydroxyl groups excluding tert-OH is 3. The molecule has 12 heteroatoms. The van der Waals surface area contributed by atoms with Gasteiger partial charge in [0.15, 0.2) is 6.10 Å². The first-order chi connectivity index (χ1) is 23.9. The molecule has 290 valence electrons. The molecular weight excluding hydrogens is 663 g/mol. The number of aliphatic hydroxyl groups is 3. The zero-order valence-corrected chi connectivity index (χ0v) is 31.8. The van der Waals surface area contributed by atoms with Crippen molar-refractivity contribution in [2.45, 2.75) is 148 Å². The third kappa shape index (κ3) is 34.3. The van der Waals surface area contributed by atoms with Crippen LogP contribution >= 0.6 is 7.82 Å². The number of hydrogen-bond acceptors (Lipinski definition) is 10. The van der Waals surface area contributed by atoms with Gasteiger partial charge in [-0.15, -0.1) is 0 Å². The van der Waals surface area contributed by atoms with Crippen LogP contribution in [0.5, 0.6) is 0 Å². The molecule has 0 fully saturated rings. The summed E-state index contributed by atoms with van der Waals surface area (Å²) in [6.07, 6.45) is 28.3. The number of phosphoric ester groups is 1. The number of hydrogen-bond donors (Lipinski definition) is 4. The number of ether oxygens (including phenoxy) is 2. The summed E-state index contributed by atoms with van der Waals surface area (Å²) >= 11 is 0. The van der Waals surface area contributed by atoms with Gasteiger partial charge in [0.1, 0.15) is 12.7 Å². The number of carbonyl (C=O) groups is 2. The number of allylic oxidation sites excluding steroid dienone is 8. The lowest BCUT2D eigenvalue weighted by atomic mass is 10.0. The molecule has 0 aliphatic heterocycles. The van der Waals surface area contributed by atoms with Crippen molar-refractivity contribution < 1.29 is 52.9 Å². The molecule has 0 bridgehead atoms. The van der Waals surface area contributed by atoms with Gasteiger partial charge in [-0.3, -0.25) is 18.6 Å². The third-order valence-electron chi connectivity index (χ3n) is 7.43. The maximum absolute atomic E-state index is 12.5. The lowest BCUT2D eigenvalue weighted by Gasteiger charge is -2.20. The van der Waals surface area contributed by atoms with Crippen LogP contribution in [0.3, 0.4) is 0 Å². The van der Waals surface area contributed by atoms with Gasteiger partial charge >= 0.3 is 19.8 Å². The van der Waals surface area contributed by atoms with Gasteiger partial charge in [-0.25, -0.2) is 4.57 Å². The molecule has 4 atom stereocenters. The molecule has 1 unspecified atom stereocenters.